The van der Waals surface area contributed by atoms with Gasteiger partial charge in [-0.05, 0) is 35.7 Å². The van der Waals surface area contributed by atoms with Gasteiger partial charge in [-0.15, -0.1) is 0 Å². The van der Waals surface area contributed by atoms with Gasteiger partial charge in [0, 0.05) is 18.9 Å². The number of hydrogen-bond acceptors (Lipinski definition) is 2. The van der Waals surface area contributed by atoms with Crippen molar-refractivity contribution in [3.63, 3.8) is 0 Å². The molecule has 0 saturated heterocycles. The molecule has 0 radical (unpaired) electrons. The van der Waals surface area contributed by atoms with E-state index in [2.05, 4.69) is 13.0 Å². The Bertz CT molecular complexity index is 580. The molecule has 1 N–H and O–H groups in total. The second kappa shape index (κ2) is 6.21. The lowest BCUT2D eigenvalue weighted by molar-refractivity contribution is 0.166. The zero-order chi connectivity index (χ0) is 13.7. The lowest BCUT2D eigenvalue weighted by Crippen LogP contribution is -1.98. The fourth-order valence-electron chi connectivity index (χ4n) is 2.14. The summed E-state index contributed by atoms with van der Waals surface area (Å²) in [6, 6.07) is 11.7. The Kier molecular flexibility index (Phi) is 4.38. The smallest absolute Gasteiger partial charge is 0.0991 e. The molecular weight excluding hydrogens is 236 g/mol. The van der Waals surface area contributed by atoms with E-state index in [0.29, 0.717) is 12.1 Å². The number of rotatable bonds is 5. The average molecular weight is 254 g/mol. The molecule has 3 heteroatoms. The van der Waals surface area contributed by atoms with Crippen molar-refractivity contribution in [3.8, 4) is 6.07 Å². The van der Waals surface area contributed by atoms with Gasteiger partial charge in [0.25, 0.3) is 0 Å². The Morgan fingerprint density at radius 2 is 2.21 bits per heavy atom. The topological polar surface area (TPSA) is 49.0 Å². The first-order chi connectivity index (χ1) is 9.22. The summed E-state index contributed by atoms with van der Waals surface area (Å²) in [7, 11) is 0. The molecule has 1 unspecified atom stereocenters. The summed E-state index contributed by atoms with van der Waals surface area (Å²) in [5.74, 6) is 0. The van der Waals surface area contributed by atoms with E-state index in [1.807, 2.05) is 41.2 Å². The quantitative estimate of drug-likeness (QED) is 0.890. The van der Waals surface area contributed by atoms with Crippen molar-refractivity contribution in [1.29, 1.82) is 5.26 Å². The molecule has 98 valence electrons. The Balaban J connectivity index is 2.09. The predicted octanol–water partition coefficient (Wildman–Crippen LogP) is 3.24. The highest BCUT2D eigenvalue weighted by atomic mass is 16.3. The van der Waals surface area contributed by atoms with E-state index in [1.165, 1.54) is 0 Å². The summed E-state index contributed by atoms with van der Waals surface area (Å²) < 4.78 is 2.03. The van der Waals surface area contributed by atoms with Crippen molar-refractivity contribution in [2.24, 2.45) is 0 Å². The van der Waals surface area contributed by atoms with Gasteiger partial charge in [-0.25, -0.2) is 0 Å². The van der Waals surface area contributed by atoms with Crippen LogP contribution in [0.15, 0.2) is 42.7 Å². The van der Waals surface area contributed by atoms with Crippen LogP contribution in [0, 0.1) is 11.3 Å². The van der Waals surface area contributed by atoms with Crippen LogP contribution in [0.3, 0.4) is 0 Å². The molecule has 3 nitrogen and oxygen atoms in total. The number of hydrogen-bond donors (Lipinski definition) is 1. The molecule has 1 heterocycles. The standard InChI is InChI=1S/C16H18N2O/c1-2-4-16(19)15-7-8-18(12-15)11-14-6-3-5-13(9-14)10-17/h3,5-9,12,16,19H,2,4,11H2,1H3. The van der Waals surface area contributed by atoms with Crippen molar-refractivity contribution < 1.29 is 5.11 Å². The first-order valence-electron chi connectivity index (χ1n) is 6.55. The number of nitriles is 1. The molecular formula is C16H18N2O. The molecule has 0 saturated carbocycles. The Hall–Kier alpha value is -2.05. The second-order valence-corrected chi connectivity index (χ2v) is 4.73. The third-order valence-electron chi connectivity index (χ3n) is 3.14. The van der Waals surface area contributed by atoms with E-state index in [9.17, 15) is 5.11 Å². The molecule has 2 rings (SSSR count). The minimum absolute atomic E-state index is 0.378. The molecule has 2 aromatic rings. The van der Waals surface area contributed by atoms with Crippen LogP contribution in [-0.2, 0) is 6.54 Å². The van der Waals surface area contributed by atoms with Crippen molar-refractivity contribution in [3.05, 3.63) is 59.4 Å². The van der Waals surface area contributed by atoms with Gasteiger partial charge < -0.3 is 9.67 Å². The third-order valence-corrected chi connectivity index (χ3v) is 3.14. The second-order valence-electron chi connectivity index (χ2n) is 4.73. The van der Waals surface area contributed by atoms with Crippen LogP contribution < -0.4 is 0 Å². The van der Waals surface area contributed by atoms with Gasteiger partial charge in [0.05, 0.1) is 17.7 Å². The summed E-state index contributed by atoms with van der Waals surface area (Å²) in [6.07, 6.45) is 5.31. The van der Waals surface area contributed by atoms with Crippen LogP contribution in [0.4, 0.5) is 0 Å². The normalized spacial score (nSPS) is 12.1. The van der Waals surface area contributed by atoms with E-state index in [4.69, 9.17) is 5.26 Å². The number of aliphatic hydroxyl groups is 1. The molecule has 0 amide bonds. The van der Waals surface area contributed by atoms with Gasteiger partial charge in [0.15, 0.2) is 0 Å². The monoisotopic (exact) mass is 254 g/mol. The highest BCUT2D eigenvalue weighted by molar-refractivity contribution is 5.33. The first-order valence-corrected chi connectivity index (χ1v) is 6.55. The van der Waals surface area contributed by atoms with Crippen molar-refractivity contribution in [2.45, 2.75) is 32.4 Å². The van der Waals surface area contributed by atoms with Crippen LogP contribution in [-0.4, -0.2) is 9.67 Å². The van der Waals surface area contributed by atoms with Crippen molar-refractivity contribution in [2.75, 3.05) is 0 Å². The zero-order valence-electron chi connectivity index (χ0n) is 11.1. The maximum Gasteiger partial charge on any atom is 0.0991 e. The Labute approximate surface area is 113 Å². The largest absolute Gasteiger partial charge is 0.388 e. The number of aromatic nitrogens is 1. The first kappa shape index (κ1) is 13.4. The Morgan fingerprint density at radius 3 is 2.95 bits per heavy atom. The van der Waals surface area contributed by atoms with Gasteiger partial charge in [-0.3, -0.25) is 0 Å². The van der Waals surface area contributed by atoms with E-state index in [-0.39, 0.29) is 6.10 Å². The van der Waals surface area contributed by atoms with E-state index >= 15 is 0 Å². The van der Waals surface area contributed by atoms with E-state index in [1.54, 1.807) is 6.07 Å². The minimum Gasteiger partial charge on any atom is -0.388 e. The van der Waals surface area contributed by atoms with Gasteiger partial charge in [-0.1, -0.05) is 25.5 Å². The predicted molar refractivity (Wildman–Crippen MR) is 74.6 cm³/mol. The van der Waals surface area contributed by atoms with Gasteiger partial charge >= 0.3 is 0 Å². The van der Waals surface area contributed by atoms with Crippen LogP contribution >= 0.6 is 0 Å². The summed E-state index contributed by atoms with van der Waals surface area (Å²) in [6.45, 7) is 2.78. The average Bonchev–Trinajstić information content (AvgIpc) is 2.88. The number of benzene rings is 1. The lowest BCUT2D eigenvalue weighted by Gasteiger charge is -2.07. The van der Waals surface area contributed by atoms with Crippen LogP contribution in [0.25, 0.3) is 0 Å². The molecule has 1 aromatic heterocycles. The van der Waals surface area contributed by atoms with Gasteiger partial charge in [0.2, 0.25) is 0 Å². The van der Waals surface area contributed by atoms with Crippen LogP contribution in [0.2, 0.25) is 0 Å². The highest BCUT2D eigenvalue weighted by Gasteiger charge is 2.07. The molecule has 0 aliphatic carbocycles. The number of nitrogens with zero attached hydrogens (tertiary/aromatic N) is 2. The lowest BCUT2D eigenvalue weighted by atomic mass is 10.1. The molecule has 0 bridgehead atoms. The molecule has 1 aromatic carbocycles. The maximum absolute atomic E-state index is 9.93. The highest BCUT2D eigenvalue weighted by Crippen LogP contribution is 2.19. The summed E-state index contributed by atoms with van der Waals surface area (Å²) in [5, 5.41) is 18.8. The van der Waals surface area contributed by atoms with E-state index < -0.39 is 0 Å². The fraction of sp³-hybridized carbons (Fsp3) is 0.312. The molecule has 1 atom stereocenters. The fourth-order valence-corrected chi connectivity index (χ4v) is 2.14. The summed E-state index contributed by atoms with van der Waals surface area (Å²) >= 11 is 0. The summed E-state index contributed by atoms with van der Waals surface area (Å²) in [4.78, 5) is 0. The minimum atomic E-state index is -0.378. The van der Waals surface area contributed by atoms with Gasteiger partial charge in [-0.2, -0.15) is 5.26 Å². The van der Waals surface area contributed by atoms with E-state index in [0.717, 1.165) is 24.0 Å². The molecule has 0 fully saturated rings. The molecule has 19 heavy (non-hydrogen) atoms. The van der Waals surface area contributed by atoms with Crippen molar-refractivity contribution in [1.82, 2.24) is 4.57 Å². The summed E-state index contributed by atoms with van der Waals surface area (Å²) in [5.41, 5.74) is 2.72. The maximum atomic E-state index is 9.93. The molecule has 0 aliphatic rings. The number of aliphatic hydroxyl groups excluding tert-OH is 1. The van der Waals surface area contributed by atoms with Crippen LogP contribution in [0.5, 0.6) is 0 Å². The zero-order valence-corrected chi connectivity index (χ0v) is 11.1. The van der Waals surface area contributed by atoms with Crippen molar-refractivity contribution >= 4 is 0 Å². The molecule has 0 aliphatic heterocycles. The Morgan fingerprint density at radius 1 is 1.37 bits per heavy atom. The third kappa shape index (κ3) is 3.46. The SMILES string of the molecule is CCCC(O)c1ccn(Cc2cccc(C#N)c2)c1. The van der Waals surface area contributed by atoms with Crippen LogP contribution in [0.1, 0.15) is 42.6 Å². The molecule has 0 spiro atoms. The van der Waals surface area contributed by atoms with Gasteiger partial charge in [0.1, 0.15) is 0 Å².